The van der Waals surface area contributed by atoms with E-state index in [1.165, 1.54) is 18.2 Å². The largest absolute Gasteiger partial charge is 0.501 e. The highest BCUT2D eigenvalue weighted by molar-refractivity contribution is 7.92. The number of likely N-dealkylation sites (tertiary alicyclic amines) is 1. The second-order valence-corrected chi connectivity index (χ2v) is 8.29. The molecule has 3 rings (SSSR count). The third kappa shape index (κ3) is 3.43. The summed E-state index contributed by atoms with van der Waals surface area (Å²) >= 11 is 0. The molecule has 1 aromatic carbocycles. The average molecular weight is 374 g/mol. The Morgan fingerprint density at radius 2 is 1.80 bits per heavy atom. The normalized spacial score (nSPS) is 26.1. The quantitative estimate of drug-likeness (QED) is 0.797. The summed E-state index contributed by atoms with van der Waals surface area (Å²) in [7, 11) is -5.31. The molecule has 25 heavy (non-hydrogen) atoms. The molecule has 1 aliphatic heterocycles. The van der Waals surface area contributed by atoms with Crippen LogP contribution in [0.25, 0.3) is 0 Å². The molecule has 1 saturated heterocycles. The molecular formula is C16H17F3N2O3S. The fourth-order valence-corrected chi connectivity index (χ4v) is 4.11. The van der Waals surface area contributed by atoms with Crippen molar-refractivity contribution in [2.75, 3.05) is 13.1 Å². The highest BCUT2D eigenvalue weighted by Gasteiger charge is 2.56. The zero-order chi connectivity index (χ0) is 18.4. The van der Waals surface area contributed by atoms with Crippen LogP contribution in [0.1, 0.15) is 5.56 Å². The Balaban J connectivity index is 1.56. The van der Waals surface area contributed by atoms with E-state index in [1.54, 1.807) is 0 Å². The number of hydrogen-bond acceptors (Lipinski definition) is 4. The van der Waals surface area contributed by atoms with Gasteiger partial charge in [-0.2, -0.15) is 13.2 Å². The van der Waals surface area contributed by atoms with Gasteiger partial charge in [-0.3, -0.25) is 9.69 Å². The number of halogens is 3. The summed E-state index contributed by atoms with van der Waals surface area (Å²) in [6, 6.07) is 4.95. The third-order valence-corrected chi connectivity index (χ3v) is 6.21. The molecular weight excluding hydrogens is 357 g/mol. The summed E-state index contributed by atoms with van der Waals surface area (Å²) in [6.07, 6.45) is 1.24. The maximum absolute atomic E-state index is 12.5. The van der Waals surface area contributed by atoms with Crippen molar-refractivity contribution in [1.29, 1.82) is 0 Å². The van der Waals surface area contributed by atoms with Crippen LogP contribution in [-0.2, 0) is 21.2 Å². The molecule has 2 fully saturated rings. The van der Waals surface area contributed by atoms with Gasteiger partial charge in [0, 0.05) is 25.7 Å². The number of amides is 1. The van der Waals surface area contributed by atoms with Gasteiger partial charge in [0.25, 0.3) is 9.84 Å². The number of sulfone groups is 1. The molecule has 0 radical (unpaired) electrons. The van der Waals surface area contributed by atoms with E-state index in [0.717, 1.165) is 30.8 Å². The number of fused-ring (bicyclic) bond motifs is 1. The van der Waals surface area contributed by atoms with Gasteiger partial charge in [0.2, 0.25) is 5.91 Å². The van der Waals surface area contributed by atoms with Crippen molar-refractivity contribution in [2.45, 2.75) is 23.0 Å². The maximum Gasteiger partial charge on any atom is 0.501 e. The molecule has 3 atom stereocenters. The minimum Gasteiger partial charge on any atom is -0.349 e. The highest BCUT2D eigenvalue weighted by atomic mass is 32.2. The van der Waals surface area contributed by atoms with Gasteiger partial charge >= 0.3 is 5.51 Å². The molecule has 1 heterocycles. The van der Waals surface area contributed by atoms with Gasteiger partial charge in [-0.25, -0.2) is 8.42 Å². The number of carbonyl (C=O) groups excluding carboxylic acids is 1. The third-order valence-electron chi connectivity index (χ3n) is 4.71. The monoisotopic (exact) mass is 374 g/mol. The summed E-state index contributed by atoms with van der Waals surface area (Å²) in [6.45, 7) is 5.51. The molecule has 1 saturated carbocycles. The molecule has 9 heteroatoms. The van der Waals surface area contributed by atoms with E-state index in [-0.39, 0.29) is 11.9 Å². The summed E-state index contributed by atoms with van der Waals surface area (Å²) in [5.74, 6) is 0.579. The molecule has 136 valence electrons. The van der Waals surface area contributed by atoms with Crippen LogP contribution in [0.2, 0.25) is 0 Å². The van der Waals surface area contributed by atoms with Gasteiger partial charge in [0.1, 0.15) is 0 Å². The smallest absolute Gasteiger partial charge is 0.349 e. The van der Waals surface area contributed by atoms with Crippen LogP contribution in [0.3, 0.4) is 0 Å². The Morgan fingerprint density at radius 3 is 2.28 bits per heavy atom. The minimum absolute atomic E-state index is 0.168. The van der Waals surface area contributed by atoms with Crippen molar-refractivity contribution in [3.63, 3.8) is 0 Å². The Bertz CT molecular complexity index is 778. The van der Waals surface area contributed by atoms with Crippen LogP contribution < -0.4 is 5.32 Å². The van der Waals surface area contributed by atoms with Crippen molar-refractivity contribution < 1.29 is 26.4 Å². The van der Waals surface area contributed by atoms with Crippen molar-refractivity contribution in [3.05, 3.63) is 42.5 Å². The molecule has 1 unspecified atom stereocenters. The van der Waals surface area contributed by atoms with Gasteiger partial charge in [-0.1, -0.05) is 18.7 Å². The number of carbonyl (C=O) groups is 1. The zero-order valence-corrected chi connectivity index (χ0v) is 14.0. The fourth-order valence-electron chi connectivity index (χ4n) is 3.35. The van der Waals surface area contributed by atoms with Gasteiger partial charge in [0.15, 0.2) is 0 Å². The molecule has 5 nitrogen and oxygen atoms in total. The molecule has 0 spiro atoms. The van der Waals surface area contributed by atoms with Gasteiger partial charge in [0.05, 0.1) is 4.90 Å². The van der Waals surface area contributed by atoms with Crippen LogP contribution in [0.4, 0.5) is 13.2 Å². The van der Waals surface area contributed by atoms with E-state index in [1.807, 2.05) is 0 Å². The number of hydrogen-bond donors (Lipinski definition) is 1. The van der Waals surface area contributed by atoms with E-state index in [4.69, 9.17) is 0 Å². The number of rotatable bonds is 5. The lowest BCUT2D eigenvalue weighted by atomic mass is 10.2. The first-order chi connectivity index (χ1) is 11.6. The first-order valence-corrected chi connectivity index (χ1v) is 9.17. The van der Waals surface area contributed by atoms with Gasteiger partial charge in [-0.15, -0.1) is 0 Å². The summed E-state index contributed by atoms with van der Waals surface area (Å²) < 4.78 is 60.2. The second-order valence-electron chi connectivity index (χ2n) is 6.35. The number of piperidine rings is 1. The van der Waals surface area contributed by atoms with Crippen molar-refractivity contribution in [3.8, 4) is 0 Å². The van der Waals surface area contributed by atoms with Gasteiger partial charge in [-0.05, 0) is 35.6 Å². The van der Waals surface area contributed by atoms with Crippen LogP contribution >= 0.6 is 0 Å². The average Bonchev–Trinajstić information content (AvgIpc) is 2.98. The molecule has 0 aromatic heterocycles. The van der Waals surface area contributed by atoms with Crippen LogP contribution in [-0.4, -0.2) is 43.9 Å². The standard InChI is InChI=1S/C16H17F3N2O3S/c1-2-14(22)20-15-12-8-21(9-13(12)15)7-10-3-5-11(6-4-10)25(23,24)16(17,18)19/h2-6,12-13,15H,1,7-9H2,(H,20,22)/t12-,13+,15?. The van der Waals surface area contributed by atoms with E-state index in [2.05, 4.69) is 16.8 Å². The highest BCUT2D eigenvalue weighted by Crippen LogP contribution is 2.45. The maximum atomic E-state index is 12.5. The lowest BCUT2D eigenvalue weighted by molar-refractivity contribution is -0.116. The lowest BCUT2D eigenvalue weighted by Gasteiger charge is -2.20. The first-order valence-electron chi connectivity index (χ1n) is 7.69. The number of nitrogens with zero attached hydrogens (tertiary/aromatic N) is 1. The predicted molar refractivity (Wildman–Crippen MR) is 84.1 cm³/mol. The molecule has 1 N–H and O–H groups in total. The van der Waals surface area contributed by atoms with Crippen molar-refractivity contribution >= 4 is 15.7 Å². The van der Waals surface area contributed by atoms with Gasteiger partial charge < -0.3 is 5.32 Å². The van der Waals surface area contributed by atoms with E-state index in [9.17, 15) is 26.4 Å². The van der Waals surface area contributed by atoms with Crippen molar-refractivity contribution in [1.82, 2.24) is 10.2 Å². The molecule has 0 bridgehead atoms. The van der Waals surface area contributed by atoms with Crippen LogP contribution in [0.5, 0.6) is 0 Å². The topological polar surface area (TPSA) is 66.5 Å². The number of benzene rings is 1. The summed E-state index contributed by atoms with van der Waals surface area (Å²) in [4.78, 5) is 12.7. The van der Waals surface area contributed by atoms with Crippen LogP contribution in [0.15, 0.2) is 41.8 Å². The number of alkyl halides is 3. The zero-order valence-electron chi connectivity index (χ0n) is 13.2. The number of nitrogens with one attached hydrogen (secondary N) is 1. The van der Waals surface area contributed by atoms with E-state index < -0.39 is 20.2 Å². The first kappa shape index (κ1) is 17.9. The molecule has 1 amide bonds. The predicted octanol–water partition coefficient (Wildman–Crippen LogP) is 1.71. The Kier molecular flexibility index (Phi) is 4.40. The fraction of sp³-hybridized carbons (Fsp3) is 0.438. The minimum atomic E-state index is -5.31. The van der Waals surface area contributed by atoms with E-state index in [0.29, 0.717) is 18.4 Å². The van der Waals surface area contributed by atoms with Crippen molar-refractivity contribution in [2.24, 2.45) is 11.8 Å². The van der Waals surface area contributed by atoms with Crippen LogP contribution in [0, 0.1) is 11.8 Å². The summed E-state index contributed by atoms with van der Waals surface area (Å²) in [5.41, 5.74) is -4.55. The molecule has 1 aliphatic carbocycles. The summed E-state index contributed by atoms with van der Waals surface area (Å²) in [5, 5.41) is 2.87. The Labute approximate surface area is 143 Å². The SMILES string of the molecule is C=CC(=O)NC1[C@H]2CN(Cc3ccc(S(=O)(=O)C(F)(F)F)cc3)C[C@@H]12. The Morgan fingerprint density at radius 1 is 1.24 bits per heavy atom. The lowest BCUT2D eigenvalue weighted by Crippen LogP contribution is -2.33. The Hall–Kier alpha value is -1.87. The second kappa shape index (κ2) is 6.14. The molecule has 2 aliphatic rings. The molecule has 1 aromatic rings. The van der Waals surface area contributed by atoms with E-state index >= 15 is 0 Å².